The third kappa shape index (κ3) is 1.90. The average Bonchev–Trinajstić information content (AvgIpc) is 2.98. The molecule has 0 bridgehead atoms. The predicted molar refractivity (Wildman–Crippen MR) is 57.4 cm³/mol. The van der Waals surface area contributed by atoms with Crippen molar-refractivity contribution in [1.82, 2.24) is 10.1 Å². The fourth-order valence-corrected chi connectivity index (χ4v) is 2.15. The second kappa shape index (κ2) is 4.20. The summed E-state index contributed by atoms with van der Waals surface area (Å²) in [5.41, 5.74) is -0.582. The van der Waals surface area contributed by atoms with Crippen molar-refractivity contribution < 1.29 is 19.2 Å². The van der Waals surface area contributed by atoms with Crippen LogP contribution >= 0.6 is 0 Å². The van der Waals surface area contributed by atoms with E-state index >= 15 is 0 Å². The summed E-state index contributed by atoms with van der Waals surface area (Å²) >= 11 is 0. The number of hydrogen-bond acceptors (Lipinski definition) is 4. The monoisotopic (exact) mass is 238 g/mol. The molecule has 0 aromatic carbocycles. The van der Waals surface area contributed by atoms with Gasteiger partial charge in [-0.25, -0.2) is 0 Å². The molecule has 1 unspecified atom stereocenters. The van der Waals surface area contributed by atoms with Crippen LogP contribution in [0.1, 0.15) is 30.3 Å². The molecule has 1 atom stereocenters. The molecule has 1 N–H and O–H groups in total. The lowest BCUT2D eigenvalue weighted by Gasteiger charge is -2.22. The number of hydrogen-bond donors (Lipinski definition) is 1. The van der Waals surface area contributed by atoms with Gasteiger partial charge < -0.3 is 14.5 Å². The lowest BCUT2D eigenvalue weighted by atomic mass is 9.84. The Labute approximate surface area is 98.2 Å². The first-order chi connectivity index (χ1) is 8.09. The maximum atomic E-state index is 11.9. The highest BCUT2D eigenvalue weighted by Crippen LogP contribution is 2.34. The first kappa shape index (κ1) is 11.6. The molecular weight excluding hydrogens is 224 g/mol. The van der Waals surface area contributed by atoms with Crippen molar-refractivity contribution in [2.45, 2.75) is 19.8 Å². The van der Waals surface area contributed by atoms with Crippen LogP contribution in [0.4, 0.5) is 0 Å². The smallest absolute Gasteiger partial charge is 0.311 e. The molecule has 1 aromatic rings. The fraction of sp³-hybridized carbons (Fsp3) is 0.545. The summed E-state index contributed by atoms with van der Waals surface area (Å²) in [5.74, 6) is -1.11. The van der Waals surface area contributed by atoms with Crippen LogP contribution in [0.25, 0.3) is 0 Å². The van der Waals surface area contributed by atoms with Crippen LogP contribution in [-0.4, -0.2) is 40.1 Å². The summed E-state index contributed by atoms with van der Waals surface area (Å²) in [6.45, 7) is 2.52. The Bertz CT molecular complexity index is 429. The van der Waals surface area contributed by atoms with Gasteiger partial charge in [0.1, 0.15) is 6.26 Å². The van der Waals surface area contributed by atoms with Crippen molar-refractivity contribution in [3.8, 4) is 0 Å². The number of carboxylic acid groups (broad SMARTS) is 1. The summed E-state index contributed by atoms with van der Waals surface area (Å²) in [5, 5.41) is 12.8. The molecule has 6 heteroatoms. The van der Waals surface area contributed by atoms with Gasteiger partial charge in [0.2, 0.25) is 0 Å². The normalized spacial score (nSPS) is 23.9. The Hall–Kier alpha value is -1.85. The molecular formula is C11H14N2O4. The average molecular weight is 238 g/mol. The molecule has 0 radical (unpaired) electrons. The zero-order chi connectivity index (χ0) is 12.5. The van der Waals surface area contributed by atoms with Crippen LogP contribution in [0, 0.1) is 5.41 Å². The summed E-state index contributed by atoms with van der Waals surface area (Å²) in [7, 11) is 0. The summed E-state index contributed by atoms with van der Waals surface area (Å²) in [4.78, 5) is 24.7. The molecule has 1 amide bonds. The van der Waals surface area contributed by atoms with Crippen molar-refractivity contribution in [3.05, 3.63) is 18.0 Å². The molecule has 1 fully saturated rings. The fourth-order valence-electron chi connectivity index (χ4n) is 2.15. The molecule has 17 heavy (non-hydrogen) atoms. The standard InChI is InChI=1S/C11H14N2O4/c1-2-11(10(15)16)4-5-13(7-11)9(14)8-3-6-17-12-8/h3,6H,2,4-5,7H2,1H3,(H,15,16). The van der Waals surface area contributed by atoms with E-state index in [9.17, 15) is 14.7 Å². The summed E-state index contributed by atoms with van der Waals surface area (Å²) in [6.07, 6.45) is 2.33. The Morgan fingerprint density at radius 1 is 1.65 bits per heavy atom. The molecule has 2 heterocycles. The minimum atomic E-state index is -0.838. The molecule has 92 valence electrons. The Morgan fingerprint density at radius 3 is 2.88 bits per heavy atom. The van der Waals surface area contributed by atoms with E-state index in [1.165, 1.54) is 17.2 Å². The van der Waals surface area contributed by atoms with E-state index in [1.807, 2.05) is 6.92 Å². The zero-order valence-electron chi connectivity index (χ0n) is 9.55. The zero-order valence-corrected chi connectivity index (χ0v) is 9.55. The van der Waals surface area contributed by atoms with E-state index in [0.717, 1.165) is 0 Å². The van der Waals surface area contributed by atoms with Crippen LogP contribution in [-0.2, 0) is 4.79 Å². The van der Waals surface area contributed by atoms with Gasteiger partial charge in [-0.3, -0.25) is 9.59 Å². The van der Waals surface area contributed by atoms with Crippen molar-refractivity contribution in [1.29, 1.82) is 0 Å². The van der Waals surface area contributed by atoms with Gasteiger partial charge in [0.15, 0.2) is 5.69 Å². The van der Waals surface area contributed by atoms with Crippen LogP contribution in [0.3, 0.4) is 0 Å². The SMILES string of the molecule is CCC1(C(=O)O)CCN(C(=O)c2ccon2)C1. The summed E-state index contributed by atoms with van der Waals surface area (Å²) in [6, 6.07) is 1.48. The van der Waals surface area contributed by atoms with Gasteiger partial charge in [-0.05, 0) is 12.8 Å². The second-order valence-electron chi connectivity index (χ2n) is 4.30. The van der Waals surface area contributed by atoms with E-state index in [2.05, 4.69) is 9.68 Å². The number of carbonyl (C=O) groups excluding carboxylic acids is 1. The lowest BCUT2D eigenvalue weighted by molar-refractivity contribution is -0.148. The highest BCUT2D eigenvalue weighted by atomic mass is 16.5. The maximum absolute atomic E-state index is 11.9. The first-order valence-corrected chi connectivity index (χ1v) is 5.52. The predicted octanol–water partition coefficient (Wildman–Crippen LogP) is 1.00. The van der Waals surface area contributed by atoms with E-state index in [0.29, 0.717) is 19.4 Å². The van der Waals surface area contributed by atoms with Gasteiger partial charge in [-0.2, -0.15) is 0 Å². The largest absolute Gasteiger partial charge is 0.481 e. The van der Waals surface area contributed by atoms with Gasteiger partial charge in [-0.15, -0.1) is 0 Å². The Kier molecular flexibility index (Phi) is 2.87. The van der Waals surface area contributed by atoms with Gasteiger partial charge in [0, 0.05) is 19.2 Å². The maximum Gasteiger partial charge on any atom is 0.311 e. The van der Waals surface area contributed by atoms with Crippen molar-refractivity contribution in [2.24, 2.45) is 5.41 Å². The van der Waals surface area contributed by atoms with Crippen LogP contribution < -0.4 is 0 Å². The summed E-state index contributed by atoms with van der Waals surface area (Å²) < 4.78 is 4.61. The van der Waals surface area contributed by atoms with Crippen LogP contribution in [0.5, 0.6) is 0 Å². The van der Waals surface area contributed by atoms with Gasteiger partial charge >= 0.3 is 5.97 Å². The number of amides is 1. The molecule has 0 aliphatic carbocycles. The first-order valence-electron chi connectivity index (χ1n) is 5.52. The Balaban J connectivity index is 2.12. The third-order valence-electron chi connectivity index (χ3n) is 3.43. The van der Waals surface area contributed by atoms with E-state index in [1.54, 1.807) is 0 Å². The molecule has 1 aliphatic rings. The van der Waals surface area contributed by atoms with Gasteiger partial charge in [0.05, 0.1) is 5.41 Å². The highest BCUT2D eigenvalue weighted by molar-refractivity contribution is 5.93. The molecule has 0 spiro atoms. The lowest BCUT2D eigenvalue weighted by Crippen LogP contribution is -2.36. The quantitative estimate of drug-likeness (QED) is 0.849. The number of rotatable bonds is 3. The highest BCUT2D eigenvalue weighted by Gasteiger charge is 2.45. The minimum absolute atomic E-state index is 0.224. The molecule has 6 nitrogen and oxygen atoms in total. The topological polar surface area (TPSA) is 83.6 Å². The van der Waals surface area contributed by atoms with Crippen LogP contribution in [0.2, 0.25) is 0 Å². The van der Waals surface area contributed by atoms with E-state index in [4.69, 9.17) is 0 Å². The number of nitrogens with zero attached hydrogens (tertiary/aromatic N) is 2. The van der Waals surface area contributed by atoms with Gasteiger partial charge in [0.25, 0.3) is 5.91 Å². The number of carbonyl (C=O) groups is 2. The minimum Gasteiger partial charge on any atom is -0.481 e. The second-order valence-corrected chi connectivity index (χ2v) is 4.30. The van der Waals surface area contributed by atoms with Gasteiger partial charge in [-0.1, -0.05) is 12.1 Å². The molecule has 1 aliphatic heterocycles. The van der Waals surface area contributed by atoms with Crippen molar-refractivity contribution >= 4 is 11.9 Å². The van der Waals surface area contributed by atoms with Crippen LogP contribution in [0.15, 0.2) is 16.9 Å². The number of likely N-dealkylation sites (tertiary alicyclic amines) is 1. The number of aliphatic carboxylic acids is 1. The Morgan fingerprint density at radius 2 is 2.41 bits per heavy atom. The molecule has 0 saturated carbocycles. The number of carboxylic acids is 1. The molecule has 1 aromatic heterocycles. The van der Waals surface area contributed by atoms with Crippen molar-refractivity contribution in [2.75, 3.05) is 13.1 Å². The number of aromatic nitrogens is 1. The van der Waals surface area contributed by atoms with E-state index in [-0.39, 0.29) is 18.1 Å². The van der Waals surface area contributed by atoms with E-state index < -0.39 is 11.4 Å². The van der Waals surface area contributed by atoms with Crippen molar-refractivity contribution in [3.63, 3.8) is 0 Å². The third-order valence-corrected chi connectivity index (χ3v) is 3.43. The molecule has 1 saturated heterocycles. The molecule has 2 rings (SSSR count).